The summed E-state index contributed by atoms with van der Waals surface area (Å²) in [6.45, 7) is 2.49. The fraction of sp³-hybridized carbons (Fsp3) is 0.190. The number of hydrogen-bond acceptors (Lipinski definition) is 5. The lowest BCUT2D eigenvalue weighted by atomic mass is 10.1. The zero-order valence-electron chi connectivity index (χ0n) is 15.9. The Hall–Kier alpha value is -3.62. The molecule has 1 aromatic heterocycles. The molecular formula is C21H18F3N3O3. The summed E-state index contributed by atoms with van der Waals surface area (Å²) in [6, 6.07) is 13.9. The Morgan fingerprint density at radius 2 is 1.97 bits per heavy atom. The fourth-order valence-corrected chi connectivity index (χ4v) is 2.50. The average Bonchev–Trinajstić information content (AvgIpc) is 3.21. The molecule has 0 bridgehead atoms. The molecule has 156 valence electrons. The van der Waals surface area contributed by atoms with Gasteiger partial charge in [-0.3, -0.25) is 4.79 Å². The molecule has 0 radical (unpaired) electrons. The smallest absolute Gasteiger partial charge is 0.471 e. The number of rotatable bonds is 7. The van der Waals surface area contributed by atoms with Crippen LogP contribution in [-0.4, -0.2) is 29.2 Å². The van der Waals surface area contributed by atoms with Gasteiger partial charge in [0.2, 0.25) is 11.7 Å². The van der Waals surface area contributed by atoms with Crippen LogP contribution in [0.1, 0.15) is 17.0 Å². The Labute approximate surface area is 170 Å². The van der Waals surface area contributed by atoms with Gasteiger partial charge in [-0.1, -0.05) is 35.0 Å². The Morgan fingerprint density at radius 3 is 2.63 bits per heavy atom. The fourth-order valence-electron chi connectivity index (χ4n) is 2.50. The summed E-state index contributed by atoms with van der Waals surface area (Å²) >= 11 is 0. The minimum absolute atomic E-state index is 0.165. The molecule has 1 N–H and O–H groups in total. The van der Waals surface area contributed by atoms with Gasteiger partial charge in [-0.2, -0.15) is 18.2 Å². The molecule has 6 nitrogen and oxygen atoms in total. The summed E-state index contributed by atoms with van der Waals surface area (Å²) in [5, 5.41) is 6.02. The van der Waals surface area contributed by atoms with E-state index in [2.05, 4.69) is 20.0 Å². The van der Waals surface area contributed by atoms with Crippen LogP contribution in [0.2, 0.25) is 0 Å². The number of ether oxygens (including phenoxy) is 1. The first-order chi connectivity index (χ1) is 14.3. The van der Waals surface area contributed by atoms with Crippen LogP contribution in [0.4, 0.5) is 13.2 Å². The molecular weight excluding hydrogens is 399 g/mol. The number of alkyl halides is 3. The Kier molecular flexibility index (Phi) is 6.51. The lowest BCUT2D eigenvalue weighted by Gasteiger charge is -2.07. The van der Waals surface area contributed by atoms with Crippen molar-refractivity contribution in [2.24, 2.45) is 0 Å². The highest BCUT2D eigenvalue weighted by molar-refractivity contribution is 5.91. The molecule has 0 aliphatic carbocycles. The van der Waals surface area contributed by atoms with Gasteiger partial charge < -0.3 is 14.6 Å². The van der Waals surface area contributed by atoms with E-state index < -0.39 is 12.1 Å². The maximum atomic E-state index is 12.5. The SMILES string of the molecule is Cc1cccc(/C=C/C(=O)NCCOc2ccc(-c3noc(C(F)(F)F)n3)cc2)c1. The highest BCUT2D eigenvalue weighted by Crippen LogP contribution is 2.29. The molecule has 0 atom stereocenters. The second-order valence-corrected chi connectivity index (χ2v) is 6.33. The highest BCUT2D eigenvalue weighted by atomic mass is 19.4. The summed E-state index contributed by atoms with van der Waals surface area (Å²) in [6.07, 6.45) is -1.51. The van der Waals surface area contributed by atoms with Crippen molar-refractivity contribution in [2.75, 3.05) is 13.2 Å². The number of nitrogens with zero attached hydrogens (tertiary/aromatic N) is 2. The summed E-state index contributed by atoms with van der Waals surface area (Å²) < 4.78 is 47.2. The Bertz CT molecular complexity index is 1030. The molecule has 3 aromatic rings. The highest BCUT2D eigenvalue weighted by Gasteiger charge is 2.38. The molecule has 0 saturated carbocycles. The van der Waals surface area contributed by atoms with Crippen LogP contribution in [0.3, 0.4) is 0 Å². The predicted molar refractivity (Wildman–Crippen MR) is 103 cm³/mol. The van der Waals surface area contributed by atoms with Crippen molar-refractivity contribution in [1.82, 2.24) is 15.5 Å². The van der Waals surface area contributed by atoms with E-state index in [1.54, 1.807) is 18.2 Å². The second-order valence-electron chi connectivity index (χ2n) is 6.33. The molecule has 0 spiro atoms. The van der Waals surface area contributed by atoms with Crippen molar-refractivity contribution >= 4 is 12.0 Å². The van der Waals surface area contributed by atoms with Crippen molar-refractivity contribution < 1.29 is 27.2 Å². The second kappa shape index (κ2) is 9.25. The summed E-state index contributed by atoms with van der Waals surface area (Å²) in [7, 11) is 0. The minimum Gasteiger partial charge on any atom is -0.492 e. The van der Waals surface area contributed by atoms with Gasteiger partial charge in [0, 0.05) is 11.6 Å². The van der Waals surface area contributed by atoms with E-state index in [0.717, 1.165) is 11.1 Å². The van der Waals surface area contributed by atoms with Crippen LogP contribution in [0.15, 0.2) is 59.1 Å². The first-order valence-electron chi connectivity index (χ1n) is 8.98. The maximum Gasteiger partial charge on any atom is 0.471 e. The van der Waals surface area contributed by atoms with Crippen LogP contribution in [0.5, 0.6) is 5.75 Å². The molecule has 2 aromatic carbocycles. The van der Waals surface area contributed by atoms with E-state index in [1.165, 1.54) is 18.2 Å². The summed E-state index contributed by atoms with van der Waals surface area (Å²) in [5.41, 5.74) is 2.40. The third-order valence-electron chi connectivity index (χ3n) is 3.92. The van der Waals surface area contributed by atoms with Crippen molar-refractivity contribution in [1.29, 1.82) is 0 Å². The molecule has 9 heteroatoms. The van der Waals surface area contributed by atoms with E-state index in [-0.39, 0.29) is 18.3 Å². The van der Waals surface area contributed by atoms with Gasteiger partial charge >= 0.3 is 12.1 Å². The molecule has 1 amide bonds. The van der Waals surface area contributed by atoms with E-state index in [0.29, 0.717) is 17.9 Å². The Morgan fingerprint density at radius 1 is 1.20 bits per heavy atom. The van der Waals surface area contributed by atoms with E-state index in [1.807, 2.05) is 31.2 Å². The molecule has 0 saturated heterocycles. The van der Waals surface area contributed by atoms with Crippen molar-refractivity contribution in [3.8, 4) is 17.1 Å². The largest absolute Gasteiger partial charge is 0.492 e. The first-order valence-corrected chi connectivity index (χ1v) is 8.98. The first kappa shape index (κ1) is 21.1. The average molecular weight is 417 g/mol. The molecule has 0 aliphatic rings. The van der Waals surface area contributed by atoms with Crippen LogP contribution in [-0.2, 0) is 11.0 Å². The number of hydrogen-bond donors (Lipinski definition) is 1. The normalized spacial score (nSPS) is 11.6. The van der Waals surface area contributed by atoms with Crippen molar-refractivity contribution in [2.45, 2.75) is 13.1 Å². The van der Waals surface area contributed by atoms with Gasteiger partial charge in [0.05, 0.1) is 6.54 Å². The van der Waals surface area contributed by atoms with Crippen molar-refractivity contribution in [3.63, 3.8) is 0 Å². The number of halogens is 3. The van der Waals surface area contributed by atoms with Gasteiger partial charge in [-0.25, -0.2) is 0 Å². The van der Waals surface area contributed by atoms with E-state index in [4.69, 9.17) is 4.74 Å². The molecule has 0 unspecified atom stereocenters. The molecule has 0 fully saturated rings. The molecule has 3 rings (SSSR count). The Balaban J connectivity index is 1.44. The minimum atomic E-state index is -4.69. The number of amides is 1. The van der Waals surface area contributed by atoms with Crippen LogP contribution in [0.25, 0.3) is 17.5 Å². The maximum absolute atomic E-state index is 12.5. The van der Waals surface area contributed by atoms with Crippen LogP contribution < -0.4 is 10.1 Å². The van der Waals surface area contributed by atoms with Crippen molar-refractivity contribution in [3.05, 3.63) is 71.6 Å². The molecule has 1 heterocycles. The van der Waals surface area contributed by atoms with E-state index >= 15 is 0 Å². The lowest BCUT2D eigenvalue weighted by molar-refractivity contribution is -0.159. The number of aromatic nitrogens is 2. The number of benzene rings is 2. The van der Waals surface area contributed by atoms with Gasteiger partial charge in [0.25, 0.3) is 0 Å². The molecule has 0 aliphatic heterocycles. The van der Waals surface area contributed by atoms with Gasteiger partial charge in [0.1, 0.15) is 12.4 Å². The summed E-state index contributed by atoms with van der Waals surface area (Å²) in [4.78, 5) is 15.2. The van der Waals surface area contributed by atoms with Gasteiger partial charge in [-0.15, -0.1) is 0 Å². The number of carbonyl (C=O) groups is 1. The lowest BCUT2D eigenvalue weighted by Crippen LogP contribution is -2.26. The number of carbonyl (C=O) groups excluding carboxylic acids is 1. The quantitative estimate of drug-likeness (QED) is 0.459. The zero-order valence-corrected chi connectivity index (χ0v) is 15.9. The van der Waals surface area contributed by atoms with Gasteiger partial charge in [0.15, 0.2) is 0 Å². The van der Waals surface area contributed by atoms with E-state index in [9.17, 15) is 18.0 Å². The standard InChI is InChI=1S/C21H18F3N3O3/c1-14-3-2-4-15(13-14)5-10-18(28)25-11-12-29-17-8-6-16(7-9-17)19-26-20(30-27-19)21(22,23)24/h2-10,13H,11-12H2,1H3,(H,25,28)/b10-5+. The summed E-state index contributed by atoms with van der Waals surface area (Å²) in [5.74, 6) is -1.32. The third kappa shape index (κ3) is 5.94. The van der Waals surface area contributed by atoms with Crippen LogP contribution >= 0.6 is 0 Å². The van der Waals surface area contributed by atoms with Gasteiger partial charge in [-0.05, 0) is 42.8 Å². The topological polar surface area (TPSA) is 77.2 Å². The zero-order chi connectivity index (χ0) is 21.6. The monoisotopic (exact) mass is 417 g/mol. The third-order valence-corrected chi connectivity index (χ3v) is 3.92. The predicted octanol–water partition coefficient (Wildman–Crippen LogP) is 4.27. The number of nitrogens with one attached hydrogen (secondary N) is 1. The number of aryl methyl sites for hydroxylation is 1. The van der Waals surface area contributed by atoms with Crippen LogP contribution in [0, 0.1) is 6.92 Å². The molecule has 30 heavy (non-hydrogen) atoms.